The number of aromatic nitrogens is 1. The molecule has 0 aromatic carbocycles. The van der Waals surface area contributed by atoms with Gasteiger partial charge in [0.1, 0.15) is 5.56 Å². The molecular formula is C11H17N3O2. The lowest BCUT2D eigenvalue weighted by Gasteiger charge is -2.03. The van der Waals surface area contributed by atoms with E-state index in [1.54, 1.807) is 0 Å². The minimum Gasteiger partial charge on any atom is -0.367 e. The van der Waals surface area contributed by atoms with Crippen molar-refractivity contribution in [3.05, 3.63) is 34.2 Å². The van der Waals surface area contributed by atoms with Crippen LogP contribution in [0.2, 0.25) is 0 Å². The first kappa shape index (κ1) is 12.4. The van der Waals surface area contributed by atoms with Gasteiger partial charge in [-0.05, 0) is 19.4 Å². The van der Waals surface area contributed by atoms with E-state index in [4.69, 9.17) is 5.73 Å². The molecule has 1 aromatic rings. The zero-order valence-corrected chi connectivity index (χ0v) is 9.16. The lowest BCUT2D eigenvalue weighted by atomic mass is 10.2. The molecule has 0 bridgehead atoms. The zero-order chi connectivity index (χ0) is 11.8. The summed E-state index contributed by atoms with van der Waals surface area (Å²) in [6.45, 7) is 1.25. The number of hydrogen-bond acceptors (Lipinski definition) is 3. The van der Waals surface area contributed by atoms with Crippen molar-refractivity contribution in [2.24, 2.45) is 5.73 Å². The van der Waals surface area contributed by atoms with Crippen molar-refractivity contribution in [1.82, 2.24) is 10.3 Å². The van der Waals surface area contributed by atoms with E-state index in [1.165, 1.54) is 18.5 Å². The molecule has 0 aliphatic carbocycles. The first-order valence-corrected chi connectivity index (χ1v) is 5.41. The van der Waals surface area contributed by atoms with Gasteiger partial charge in [-0.15, -0.1) is 0 Å². The van der Waals surface area contributed by atoms with Gasteiger partial charge >= 0.3 is 0 Å². The van der Waals surface area contributed by atoms with Crippen LogP contribution in [-0.2, 0) is 0 Å². The molecule has 5 nitrogen and oxygen atoms in total. The highest BCUT2D eigenvalue weighted by molar-refractivity contribution is 5.93. The second kappa shape index (κ2) is 6.79. The molecular weight excluding hydrogens is 206 g/mol. The maximum Gasteiger partial charge on any atom is 0.256 e. The normalized spacial score (nSPS) is 10.1. The molecule has 1 heterocycles. The molecule has 5 heteroatoms. The summed E-state index contributed by atoms with van der Waals surface area (Å²) < 4.78 is 0. The molecule has 0 aliphatic rings. The SMILES string of the molecule is NCCCCCNC(=O)c1c[nH]ccc1=O. The average molecular weight is 223 g/mol. The third-order valence-electron chi connectivity index (χ3n) is 2.24. The minimum atomic E-state index is -0.324. The molecule has 0 saturated carbocycles. The van der Waals surface area contributed by atoms with Gasteiger partial charge in [0.2, 0.25) is 0 Å². The molecule has 0 saturated heterocycles. The third-order valence-corrected chi connectivity index (χ3v) is 2.24. The number of carbonyl (C=O) groups is 1. The van der Waals surface area contributed by atoms with Crippen molar-refractivity contribution in [2.45, 2.75) is 19.3 Å². The van der Waals surface area contributed by atoms with Crippen LogP contribution in [0, 0.1) is 0 Å². The van der Waals surface area contributed by atoms with Crippen LogP contribution in [0.1, 0.15) is 29.6 Å². The molecule has 88 valence electrons. The van der Waals surface area contributed by atoms with Gasteiger partial charge in [-0.2, -0.15) is 0 Å². The molecule has 0 spiro atoms. The molecule has 0 atom stereocenters. The molecule has 1 amide bonds. The minimum absolute atomic E-state index is 0.154. The maximum atomic E-state index is 11.5. The van der Waals surface area contributed by atoms with Crippen LogP contribution in [0.15, 0.2) is 23.3 Å². The molecule has 0 aliphatic heterocycles. The van der Waals surface area contributed by atoms with E-state index in [0.29, 0.717) is 13.1 Å². The number of nitrogens with one attached hydrogen (secondary N) is 2. The van der Waals surface area contributed by atoms with Gasteiger partial charge < -0.3 is 16.0 Å². The monoisotopic (exact) mass is 223 g/mol. The summed E-state index contributed by atoms with van der Waals surface area (Å²) in [5.74, 6) is -0.324. The van der Waals surface area contributed by atoms with Crippen molar-refractivity contribution in [1.29, 1.82) is 0 Å². The highest BCUT2D eigenvalue weighted by Gasteiger charge is 2.07. The van der Waals surface area contributed by atoms with Crippen molar-refractivity contribution in [3.8, 4) is 0 Å². The first-order chi connectivity index (χ1) is 7.75. The molecule has 1 aromatic heterocycles. The summed E-state index contributed by atoms with van der Waals surface area (Å²) in [5.41, 5.74) is 5.24. The number of pyridine rings is 1. The number of hydrogen-bond donors (Lipinski definition) is 3. The Balaban J connectivity index is 2.36. The van der Waals surface area contributed by atoms with E-state index < -0.39 is 0 Å². The number of aromatic amines is 1. The van der Waals surface area contributed by atoms with Crippen LogP contribution in [0.5, 0.6) is 0 Å². The summed E-state index contributed by atoms with van der Waals surface area (Å²) in [5, 5.41) is 2.70. The number of amides is 1. The fourth-order valence-electron chi connectivity index (χ4n) is 1.34. The summed E-state index contributed by atoms with van der Waals surface area (Å²) in [4.78, 5) is 25.6. The van der Waals surface area contributed by atoms with Crippen molar-refractivity contribution in [2.75, 3.05) is 13.1 Å². The van der Waals surface area contributed by atoms with Crippen LogP contribution in [0.3, 0.4) is 0 Å². The standard InChI is InChI=1S/C11H17N3O2/c12-5-2-1-3-6-14-11(16)9-8-13-7-4-10(9)15/h4,7-8H,1-3,5-6,12H2,(H,13,15)(H,14,16). The highest BCUT2D eigenvalue weighted by atomic mass is 16.2. The fourth-order valence-corrected chi connectivity index (χ4v) is 1.34. The maximum absolute atomic E-state index is 11.5. The lowest BCUT2D eigenvalue weighted by Crippen LogP contribution is -2.29. The Kier molecular flexibility index (Phi) is 5.28. The predicted octanol–water partition coefficient (Wildman–Crippen LogP) is 0.234. The molecule has 16 heavy (non-hydrogen) atoms. The zero-order valence-electron chi connectivity index (χ0n) is 9.16. The number of nitrogens with two attached hydrogens (primary N) is 1. The Morgan fingerprint density at radius 2 is 2.19 bits per heavy atom. The van der Waals surface area contributed by atoms with Gasteiger partial charge in [-0.1, -0.05) is 6.42 Å². The van der Waals surface area contributed by atoms with Gasteiger partial charge in [0.05, 0.1) is 0 Å². The van der Waals surface area contributed by atoms with Gasteiger partial charge in [-0.25, -0.2) is 0 Å². The summed E-state index contributed by atoms with van der Waals surface area (Å²) in [7, 11) is 0. The fraction of sp³-hybridized carbons (Fsp3) is 0.455. The quantitative estimate of drug-likeness (QED) is 0.603. The second-order valence-corrected chi connectivity index (χ2v) is 3.53. The molecule has 1 rings (SSSR count). The van der Waals surface area contributed by atoms with Gasteiger partial charge in [-0.3, -0.25) is 9.59 Å². The first-order valence-electron chi connectivity index (χ1n) is 5.41. The smallest absolute Gasteiger partial charge is 0.256 e. The van der Waals surface area contributed by atoms with Crippen molar-refractivity contribution in [3.63, 3.8) is 0 Å². The Morgan fingerprint density at radius 3 is 2.88 bits per heavy atom. The Hall–Kier alpha value is -1.62. The van der Waals surface area contributed by atoms with Gasteiger partial charge in [0, 0.05) is 25.0 Å². The predicted molar refractivity (Wildman–Crippen MR) is 62.3 cm³/mol. The van der Waals surface area contributed by atoms with Gasteiger partial charge in [0.25, 0.3) is 5.91 Å². The lowest BCUT2D eigenvalue weighted by molar-refractivity contribution is 0.0951. The number of H-pyrrole nitrogens is 1. The van der Waals surface area contributed by atoms with Crippen LogP contribution >= 0.6 is 0 Å². The van der Waals surface area contributed by atoms with E-state index in [9.17, 15) is 9.59 Å². The van der Waals surface area contributed by atoms with Crippen LogP contribution < -0.4 is 16.5 Å². The topological polar surface area (TPSA) is 88.0 Å². The Morgan fingerprint density at radius 1 is 1.38 bits per heavy atom. The molecule has 4 N–H and O–H groups in total. The Bertz CT molecular complexity index is 387. The largest absolute Gasteiger partial charge is 0.367 e. The number of carbonyl (C=O) groups excluding carboxylic acids is 1. The summed E-state index contributed by atoms with van der Waals surface area (Å²) in [6, 6.07) is 1.34. The summed E-state index contributed by atoms with van der Waals surface area (Å²) >= 11 is 0. The molecule has 0 fully saturated rings. The van der Waals surface area contributed by atoms with Crippen molar-refractivity contribution < 1.29 is 4.79 Å². The van der Waals surface area contributed by atoms with E-state index in [2.05, 4.69) is 10.3 Å². The second-order valence-electron chi connectivity index (χ2n) is 3.53. The van der Waals surface area contributed by atoms with Crippen molar-refractivity contribution >= 4 is 5.91 Å². The van der Waals surface area contributed by atoms with Crippen LogP contribution in [0.4, 0.5) is 0 Å². The third kappa shape index (κ3) is 3.86. The van der Waals surface area contributed by atoms with Crippen LogP contribution in [0.25, 0.3) is 0 Å². The molecule has 0 unspecified atom stereocenters. The summed E-state index contributed by atoms with van der Waals surface area (Å²) in [6.07, 6.45) is 5.75. The van der Waals surface area contributed by atoms with E-state index in [1.807, 2.05) is 0 Å². The Labute approximate surface area is 94.1 Å². The average Bonchev–Trinajstić information content (AvgIpc) is 2.29. The molecule has 0 radical (unpaired) electrons. The highest BCUT2D eigenvalue weighted by Crippen LogP contribution is 1.93. The number of unbranched alkanes of at least 4 members (excludes halogenated alkanes) is 2. The van der Waals surface area contributed by atoms with E-state index in [0.717, 1.165) is 19.3 Å². The van der Waals surface area contributed by atoms with E-state index >= 15 is 0 Å². The van der Waals surface area contributed by atoms with Crippen LogP contribution in [-0.4, -0.2) is 24.0 Å². The number of rotatable bonds is 6. The van der Waals surface area contributed by atoms with Gasteiger partial charge in [0.15, 0.2) is 5.43 Å². The van der Waals surface area contributed by atoms with E-state index in [-0.39, 0.29) is 16.9 Å².